The number of nitrogens with zero attached hydrogens (tertiary/aromatic N) is 2. The van der Waals surface area contributed by atoms with Crippen molar-refractivity contribution in [3.63, 3.8) is 0 Å². The molecule has 0 aliphatic rings. The smallest absolute Gasteiger partial charge is 0.262 e. The minimum atomic E-state index is -0.404. The second-order valence-electron chi connectivity index (χ2n) is 7.50. The molecular weight excluding hydrogens is 414 g/mol. The lowest BCUT2D eigenvalue weighted by atomic mass is 10.1. The van der Waals surface area contributed by atoms with Crippen molar-refractivity contribution in [2.45, 2.75) is 49.0 Å². The van der Waals surface area contributed by atoms with E-state index in [2.05, 4.69) is 19.2 Å². The van der Waals surface area contributed by atoms with Crippen LogP contribution in [0.3, 0.4) is 0 Å². The van der Waals surface area contributed by atoms with Gasteiger partial charge in [0.05, 0.1) is 21.8 Å². The Labute approximate surface area is 185 Å². The molecule has 30 heavy (non-hydrogen) atoms. The summed E-state index contributed by atoms with van der Waals surface area (Å²) in [6.07, 6.45) is 2.85. The predicted octanol–water partition coefficient (Wildman–Crippen LogP) is 5.28. The molecule has 1 amide bonds. The lowest BCUT2D eigenvalue weighted by Crippen LogP contribution is -2.27. The van der Waals surface area contributed by atoms with E-state index in [9.17, 15) is 9.59 Å². The molecule has 0 fully saturated rings. The molecule has 0 saturated heterocycles. The van der Waals surface area contributed by atoms with Crippen molar-refractivity contribution in [2.75, 3.05) is 11.6 Å². The Balaban J connectivity index is 1.88. The standard InChI is InChI=1S/C23H27N3O2S2/c1-15(2)13-14-26-22(28)17-9-5-6-10-18(17)25-23(26)30-16(3)21(27)24-19-11-7-8-12-20(19)29-4/h5-12,15-16H,13-14H2,1-4H3,(H,24,27). The fraction of sp³-hybridized carbons (Fsp3) is 0.348. The largest absolute Gasteiger partial charge is 0.324 e. The van der Waals surface area contributed by atoms with Crippen molar-refractivity contribution >= 4 is 46.0 Å². The monoisotopic (exact) mass is 441 g/mol. The van der Waals surface area contributed by atoms with Crippen molar-refractivity contribution in [2.24, 2.45) is 5.92 Å². The molecule has 3 aromatic rings. The number of benzene rings is 2. The molecular formula is C23H27N3O2S2. The van der Waals surface area contributed by atoms with Gasteiger partial charge >= 0.3 is 0 Å². The summed E-state index contributed by atoms with van der Waals surface area (Å²) < 4.78 is 1.71. The van der Waals surface area contributed by atoms with Crippen LogP contribution in [0.4, 0.5) is 5.69 Å². The van der Waals surface area contributed by atoms with Gasteiger partial charge in [0, 0.05) is 11.4 Å². The Morgan fingerprint density at radius 2 is 1.80 bits per heavy atom. The zero-order valence-electron chi connectivity index (χ0n) is 17.7. The predicted molar refractivity (Wildman–Crippen MR) is 128 cm³/mol. The minimum absolute atomic E-state index is 0.0518. The van der Waals surface area contributed by atoms with E-state index < -0.39 is 5.25 Å². The summed E-state index contributed by atoms with van der Waals surface area (Å²) in [4.78, 5) is 31.7. The number of hydrogen-bond donors (Lipinski definition) is 1. The Morgan fingerprint density at radius 1 is 1.10 bits per heavy atom. The number of nitrogens with one attached hydrogen (secondary N) is 1. The van der Waals surface area contributed by atoms with Crippen LogP contribution in [-0.2, 0) is 11.3 Å². The number of rotatable bonds is 8. The van der Waals surface area contributed by atoms with Gasteiger partial charge in [-0.3, -0.25) is 14.2 Å². The van der Waals surface area contributed by atoms with Gasteiger partial charge in [0.25, 0.3) is 5.56 Å². The fourth-order valence-electron chi connectivity index (χ4n) is 3.02. The molecule has 1 unspecified atom stereocenters. The molecule has 0 radical (unpaired) electrons. The van der Waals surface area contributed by atoms with Crippen LogP contribution in [0.1, 0.15) is 27.2 Å². The van der Waals surface area contributed by atoms with Crippen LogP contribution in [0.25, 0.3) is 10.9 Å². The van der Waals surface area contributed by atoms with Gasteiger partial charge in [0.1, 0.15) is 0 Å². The zero-order valence-corrected chi connectivity index (χ0v) is 19.3. The highest BCUT2D eigenvalue weighted by atomic mass is 32.2. The van der Waals surface area contributed by atoms with Gasteiger partial charge in [-0.15, -0.1) is 11.8 Å². The van der Waals surface area contributed by atoms with Crippen molar-refractivity contribution in [1.29, 1.82) is 0 Å². The van der Waals surface area contributed by atoms with Crippen LogP contribution >= 0.6 is 23.5 Å². The maximum Gasteiger partial charge on any atom is 0.262 e. The number of hydrogen-bond acceptors (Lipinski definition) is 5. The van der Waals surface area contributed by atoms with E-state index in [1.54, 1.807) is 22.4 Å². The maximum atomic E-state index is 13.1. The SMILES string of the molecule is CSc1ccccc1NC(=O)C(C)Sc1nc2ccccc2c(=O)n1CCC(C)C. The van der Waals surface area contributed by atoms with Gasteiger partial charge in [0.15, 0.2) is 5.16 Å². The summed E-state index contributed by atoms with van der Waals surface area (Å²) in [5, 5.41) is 3.79. The van der Waals surface area contributed by atoms with Crippen molar-refractivity contribution < 1.29 is 4.79 Å². The molecule has 0 aliphatic carbocycles. The summed E-state index contributed by atoms with van der Waals surface area (Å²) in [5.41, 5.74) is 1.40. The first kappa shape index (κ1) is 22.4. The van der Waals surface area contributed by atoms with Crippen LogP contribution < -0.4 is 10.9 Å². The first-order valence-electron chi connectivity index (χ1n) is 10.0. The maximum absolute atomic E-state index is 13.1. The molecule has 0 saturated carbocycles. The van der Waals surface area contributed by atoms with E-state index in [4.69, 9.17) is 4.98 Å². The topological polar surface area (TPSA) is 64.0 Å². The molecule has 158 valence electrons. The molecule has 1 N–H and O–H groups in total. The zero-order chi connectivity index (χ0) is 21.7. The third-order valence-electron chi connectivity index (χ3n) is 4.77. The highest BCUT2D eigenvalue weighted by molar-refractivity contribution is 8.00. The van der Waals surface area contributed by atoms with Crippen molar-refractivity contribution in [3.05, 3.63) is 58.9 Å². The number of fused-ring (bicyclic) bond motifs is 1. The number of para-hydroxylation sites is 2. The molecule has 1 heterocycles. The normalized spacial score (nSPS) is 12.3. The number of amides is 1. The Kier molecular flexibility index (Phi) is 7.61. The molecule has 7 heteroatoms. The first-order valence-corrected chi connectivity index (χ1v) is 12.1. The quantitative estimate of drug-likeness (QED) is 0.380. The highest BCUT2D eigenvalue weighted by Gasteiger charge is 2.20. The number of carbonyl (C=O) groups is 1. The minimum Gasteiger partial charge on any atom is -0.324 e. The van der Waals surface area contributed by atoms with Gasteiger partial charge in [-0.05, 0) is 49.8 Å². The molecule has 0 bridgehead atoms. The average Bonchev–Trinajstić information content (AvgIpc) is 2.73. The van der Waals surface area contributed by atoms with E-state index in [1.807, 2.05) is 55.6 Å². The highest BCUT2D eigenvalue weighted by Crippen LogP contribution is 2.27. The summed E-state index contributed by atoms with van der Waals surface area (Å²) >= 11 is 2.91. The van der Waals surface area contributed by atoms with Crippen LogP contribution in [0.5, 0.6) is 0 Å². The summed E-state index contributed by atoms with van der Waals surface area (Å²) in [6.45, 7) is 6.69. The number of thioether (sulfide) groups is 2. The first-order chi connectivity index (χ1) is 14.4. The van der Waals surface area contributed by atoms with Crippen LogP contribution in [0.15, 0.2) is 63.4 Å². The van der Waals surface area contributed by atoms with Crippen LogP contribution in [-0.4, -0.2) is 27.0 Å². The van der Waals surface area contributed by atoms with Crippen molar-refractivity contribution in [1.82, 2.24) is 9.55 Å². The number of carbonyl (C=O) groups excluding carboxylic acids is 1. The molecule has 1 atom stereocenters. The molecule has 0 aliphatic heterocycles. The third-order valence-corrected chi connectivity index (χ3v) is 6.66. The van der Waals surface area contributed by atoms with E-state index in [0.717, 1.165) is 17.0 Å². The molecule has 2 aromatic carbocycles. The van der Waals surface area contributed by atoms with E-state index in [-0.39, 0.29) is 11.5 Å². The summed E-state index contributed by atoms with van der Waals surface area (Å²) in [7, 11) is 0. The van der Waals surface area contributed by atoms with Gasteiger partial charge in [-0.1, -0.05) is 49.9 Å². The average molecular weight is 442 g/mol. The van der Waals surface area contributed by atoms with Gasteiger partial charge in [-0.25, -0.2) is 4.98 Å². The lowest BCUT2D eigenvalue weighted by Gasteiger charge is -2.17. The Morgan fingerprint density at radius 3 is 2.53 bits per heavy atom. The van der Waals surface area contributed by atoms with Gasteiger partial charge < -0.3 is 5.32 Å². The van der Waals surface area contributed by atoms with Crippen LogP contribution in [0, 0.1) is 5.92 Å². The van der Waals surface area contributed by atoms with Crippen LogP contribution in [0.2, 0.25) is 0 Å². The van der Waals surface area contributed by atoms with Gasteiger partial charge in [0.2, 0.25) is 5.91 Å². The third kappa shape index (κ3) is 5.26. The van der Waals surface area contributed by atoms with Gasteiger partial charge in [-0.2, -0.15) is 0 Å². The van der Waals surface area contributed by atoms with E-state index in [0.29, 0.717) is 28.5 Å². The summed E-state index contributed by atoms with van der Waals surface area (Å²) in [5.74, 6) is 0.351. The van der Waals surface area contributed by atoms with E-state index in [1.165, 1.54) is 11.8 Å². The lowest BCUT2D eigenvalue weighted by molar-refractivity contribution is -0.115. The second-order valence-corrected chi connectivity index (χ2v) is 9.66. The van der Waals surface area contributed by atoms with E-state index >= 15 is 0 Å². The fourth-order valence-corrected chi connectivity index (χ4v) is 4.50. The summed E-state index contributed by atoms with van der Waals surface area (Å²) in [6, 6.07) is 15.1. The Hall–Kier alpha value is -2.25. The molecule has 0 spiro atoms. The number of aromatic nitrogens is 2. The molecule has 3 rings (SSSR count). The van der Waals surface area contributed by atoms with Crippen molar-refractivity contribution in [3.8, 4) is 0 Å². The molecule has 1 aromatic heterocycles. The Bertz CT molecular complexity index is 1100. The molecule has 5 nitrogen and oxygen atoms in total. The number of anilines is 1. The second kappa shape index (κ2) is 10.2.